The van der Waals surface area contributed by atoms with E-state index >= 15 is 0 Å². The summed E-state index contributed by atoms with van der Waals surface area (Å²) in [5, 5.41) is 4.98. The molecule has 3 atom stereocenters. The van der Waals surface area contributed by atoms with Crippen molar-refractivity contribution in [3.63, 3.8) is 0 Å². The van der Waals surface area contributed by atoms with Crippen molar-refractivity contribution in [1.29, 1.82) is 0 Å². The van der Waals surface area contributed by atoms with Crippen molar-refractivity contribution in [3.8, 4) is 5.75 Å². The first-order chi connectivity index (χ1) is 9.85. The van der Waals surface area contributed by atoms with E-state index < -0.39 is 5.72 Å². The first-order valence-corrected chi connectivity index (χ1v) is 8.23. The Labute approximate surface area is 136 Å². The molecule has 3 nitrogen and oxygen atoms in total. The highest BCUT2D eigenvalue weighted by Gasteiger charge is 2.49. The summed E-state index contributed by atoms with van der Waals surface area (Å²) in [6.07, 6.45) is 1.89. The van der Waals surface area contributed by atoms with Crippen molar-refractivity contribution in [1.82, 2.24) is 10.2 Å². The van der Waals surface area contributed by atoms with Crippen LogP contribution >= 0.6 is 23.8 Å². The van der Waals surface area contributed by atoms with Gasteiger partial charge in [0.1, 0.15) is 5.75 Å². The number of nitrogens with one attached hydrogen (secondary N) is 1. The summed E-state index contributed by atoms with van der Waals surface area (Å²) in [6, 6.07) is 4.45. The molecule has 0 radical (unpaired) electrons. The van der Waals surface area contributed by atoms with Crippen molar-refractivity contribution in [2.45, 2.75) is 58.3 Å². The SMILES string of the molecule is CCC(C)N1C(=S)NC2CC1(C)Oc1c(C)cc(Cl)cc12. The van der Waals surface area contributed by atoms with Crippen LogP contribution in [0, 0.1) is 6.92 Å². The van der Waals surface area contributed by atoms with Crippen LogP contribution in [0.15, 0.2) is 12.1 Å². The predicted molar refractivity (Wildman–Crippen MR) is 89.9 cm³/mol. The number of halogens is 1. The Kier molecular flexibility index (Phi) is 3.57. The van der Waals surface area contributed by atoms with Gasteiger partial charge in [0.15, 0.2) is 10.8 Å². The van der Waals surface area contributed by atoms with Gasteiger partial charge in [-0.05, 0) is 57.1 Å². The number of hydrogen-bond acceptors (Lipinski definition) is 2. The number of thiocarbonyl (C=S) groups is 1. The molecule has 21 heavy (non-hydrogen) atoms. The van der Waals surface area contributed by atoms with E-state index in [2.05, 4.69) is 31.0 Å². The molecule has 114 valence electrons. The largest absolute Gasteiger partial charge is 0.467 e. The Morgan fingerprint density at radius 2 is 2.29 bits per heavy atom. The maximum Gasteiger partial charge on any atom is 0.184 e. The van der Waals surface area contributed by atoms with Gasteiger partial charge >= 0.3 is 0 Å². The van der Waals surface area contributed by atoms with Crippen LogP contribution in [-0.2, 0) is 0 Å². The van der Waals surface area contributed by atoms with E-state index in [-0.39, 0.29) is 6.04 Å². The zero-order valence-electron chi connectivity index (χ0n) is 12.9. The maximum atomic E-state index is 6.42. The van der Waals surface area contributed by atoms with E-state index in [1.165, 1.54) is 0 Å². The summed E-state index contributed by atoms with van der Waals surface area (Å²) in [5.74, 6) is 0.946. The molecule has 1 N–H and O–H groups in total. The minimum Gasteiger partial charge on any atom is -0.467 e. The molecule has 0 spiro atoms. The lowest BCUT2D eigenvalue weighted by Gasteiger charge is -2.54. The van der Waals surface area contributed by atoms with Crippen LogP contribution < -0.4 is 10.1 Å². The Bertz CT molecular complexity index is 606. The fourth-order valence-corrected chi connectivity index (χ4v) is 4.26. The van der Waals surface area contributed by atoms with Gasteiger partial charge < -0.3 is 15.0 Å². The first kappa shape index (κ1) is 14.9. The van der Waals surface area contributed by atoms with E-state index in [1.807, 2.05) is 19.1 Å². The average Bonchev–Trinajstić information content (AvgIpc) is 2.39. The molecule has 0 saturated carbocycles. The number of aryl methyl sites for hydroxylation is 1. The van der Waals surface area contributed by atoms with E-state index in [1.54, 1.807) is 0 Å². The van der Waals surface area contributed by atoms with Crippen LogP contribution in [0.2, 0.25) is 5.02 Å². The van der Waals surface area contributed by atoms with Gasteiger partial charge in [-0.2, -0.15) is 0 Å². The molecule has 3 rings (SSSR count). The molecule has 0 aliphatic carbocycles. The van der Waals surface area contributed by atoms with Crippen LogP contribution in [-0.4, -0.2) is 21.8 Å². The molecular formula is C16H21ClN2OS. The first-order valence-electron chi connectivity index (χ1n) is 7.44. The van der Waals surface area contributed by atoms with E-state index in [4.69, 9.17) is 28.6 Å². The number of benzene rings is 1. The Balaban J connectivity index is 2.09. The molecule has 0 aromatic heterocycles. The minimum atomic E-state index is -0.395. The molecule has 0 amide bonds. The lowest BCUT2D eigenvalue weighted by atomic mass is 9.88. The van der Waals surface area contributed by atoms with Crippen LogP contribution in [0.1, 0.15) is 50.8 Å². The van der Waals surface area contributed by atoms with Crippen molar-refractivity contribution in [3.05, 3.63) is 28.3 Å². The van der Waals surface area contributed by atoms with Gasteiger partial charge in [0.25, 0.3) is 0 Å². The molecule has 2 heterocycles. The molecular weight excluding hydrogens is 304 g/mol. The van der Waals surface area contributed by atoms with Crippen molar-refractivity contribution < 1.29 is 4.74 Å². The van der Waals surface area contributed by atoms with Crippen molar-refractivity contribution in [2.75, 3.05) is 0 Å². The van der Waals surface area contributed by atoms with Gasteiger partial charge in [-0.1, -0.05) is 18.5 Å². The topological polar surface area (TPSA) is 24.5 Å². The Morgan fingerprint density at radius 3 is 2.95 bits per heavy atom. The molecule has 1 aromatic rings. The van der Waals surface area contributed by atoms with Gasteiger partial charge in [-0.3, -0.25) is 0 Å². The smallest absolute Gasteiger partial charge is 0.184 e. The van der Waals surface area contributed by atoms with Crippen molar-refractivity contribution >= 4 is 28.9 Å². The second kappa shape index (κ2) is 5.03. The monoisotopic (exact) mass is 324 g/mol. The third kappa shape index (κ3) is 2.29. The second-order valence-corrected chi connectivity index (χ2v) is 7.07. The number of rotatable bonds is 2. The summed E-state index contributed by atoms with van der Waals surface area (Å²) < 4.78 is 6.42. The molecule has 1 saturated heterocycles. The second-order valence-electron chi connectivity index (χ2n) is 6.25. The van der Waals surface area contributed by atoms with Crippen LogP contribution in [0.25, 0.3) is 0 Å². The fraction of sp³-hybridized carbons (Fsp3) is 0.562. The highest BCUT2D eigenvalue weighted by atomic mass is 35.5. The number of nitrogens with zero attached hydrogens (tertiary/aromatic N) is 1. The molecule has 1 fully saturated rings. The molecule has 5 heteroatoms. The normalized spacial score (nSPS) is 28.5. The third-order valence-corrected chi connectivity index (χ3v) is 5.14. The Morgan fingerprint density at radius 1 is 1.57 bits per heavy atom. The minimum absolute atomic E-state index is 0.170. The summed E-state index contributed by atoms with van der Waals surface area (Å²) in [6.45, 7) is 8.54. The van der Waals surface area contributed by atoms with Gasteiger partial charge in [-0.15, -0.1) is 0 Å². The molecule has 1 aromatic carbocycles. The summed E-state index contributed by atoms with van der Waals surface area (Å²) >= 11 is 11.8. The van der Waals surface area contributed by atoms with E-state index in [0.29, 0.717) is 6.04 Å². The average molecular weight is 325 g/mol. The summed E-state index contributed by atoms with van der Waals surface area (Å²) in [7, 11) is 0. The van der Waals surface area contributed by atoms with Crippen LogP contribution in [0.5, 0.6) is 5.75 Å². The number of fused-ring (bicyclic) bond motifs is 4. The third-order valence-electron chi connectivity index (χ3n) is 4.61. The van der Waals surface area contributed by atoms with Gasteiger partial charge in [0.2, 0.25) is 0 Å². The van der Waals surface area contributed by atoms with Crippen molar-refractivity contribution in [2.24, 2.45) is 0 Å². The summed E-state index contributed by atoms with van der Waals surface area (Å²) in [5.41, 5.74) is 1.80. The fourth-order valence-electron chi connectivity index (χ4n) is 3.46. The Hall–Kier alpha value is -1.00. The highest BCUT2D eigenvalue weighted by Crippen LogP contribution is 2.47. The van der Waals surface area contributed by atoms with E-state index in [9.17, 15) is 0 Å². The maximum absolute atomic E-state index is 6.42. The molecule has 2 aliphatic rings. The number of hydrogen-bond donors (Lipinski definition) is 1. The number of ether oxygens (including phenoxy) is 1. The summed E-state index contributed by atoms with van der Waals surface area (Å²) in [4.78, 5) is 2.20. The standard InChI is InChI=1S/C16H21ClN2OS/c1-5-10(3)19-15(21)18-13-8-16(19,4)20-14-9(2)6-11(17)7-12(13)14/h6-7,10,13H,5,8H2,1-4H3,(H,18,21). The van der Waals surface area contributed by atoms with Crippen LogP contribution in [0.3, 0.4) is 0 Å². The molecule has 3 unspecified atom stereocenters. The molecule has 2 aliphatic heterocycles. The molecule has 2 bridgehead atoms. The van der Waals surface area contributed by atoms with Gasteiger partial charge in [0, 0.05) is 23.0 Å². The van der Waals surface area contributed by atoms with Gasteiger partial charge in [0.05, 0.1) is 6.04 Å². The highest BCUT2D eigenvalue weighted by molar-refractivity contribution is 7.80. The zero-order valence-corrected chi connectivity index (χ0v) is 14.4. The predicted octanol–water partition coefficient (Wildman–Crippen LogP) is 4.18. The quantitative estimate of drug-likeness (QED) is 0.825. The van der Waals surface area contributed by atoms with Gasteiger partial charge in [-0.25, -0.2) is 0 Å². The van der Waals surface area contributed by atoms with E-state index in [0.717, 1.165) is 39.9 Å². The lowest BCUT2D eigenvalue weighted by molar-refractivity contribution is -0.0844. The zero-order chi connectivity index (χ0) is 15.4. The lowest BCUT2D eigenvalue weighted by Crippen LogP contribution is -2.66. The van der Waals surface area contributed by atoms with Crippen LogP contribution in [0.4, 0.5) is 0 Å².